The van der Waals surface area contributed by atoms with Crippen LogP contribution in [0.4, 0.5) is 0 Å². The van der Waals surface area contributed by atoms with Gasteiger partial charge in [0.25, 0.3) is 0 Å². The standard InChI is InChI=1S/C17H22N2O2/c1-12-5-3-4-6-14(12)9-18-17-11-20-10-15(17)8-16-7-13(2)19-21-16/h3-7,15,17-18H,8-11H2,1-2H3/t15-,17-/m1/s1. The molecule has 1 fully saturated rings. The van der Waals surface area contributed by atoms with Gasteiger partial charge in [0.1, 0.15) is 5.76 Å². The largest absolute Gasteiger partial charge is 0.379 e. The molecule has 1 aliphatic heterocycles. The molecule has 0 spiro atoms. The molecule has 1 saturated heterocycles. The molecule has 2 aromatic rings. The number of hydrogen-bond donors (Lipinski definition) is 1. The van der Waals surface area contributed by atoms with Gasteiger partial charge in [-0.25, -0.2) is 0 Å². The van der Waals surface area contributed by atoms with E-state index in [1.54, 1.807) is 0 Å². The van der Waals surface area contributed by atoms with Gasteiger partial charge in [-0.15, -0.1) is 0 Å². The lowest BCUT2D eigenvalue weighted by atomic mass is 9.97. The van der Waals surface area contributed by atoms with Crippen molar-refractivity contribution in [3.05, 3.63) is 52.9 Å². The Hall–Kier alpha value is -1.65. The summed E-state index contributed by atoms with van der Waals surface area (Å²) < 4.78 is 11.0. The lowest BCUT2D eigenvalue weighted by molar-refractivity contribution is 0.181. The highest BCUT2D eigenvalue weighted by atomic mass is 16.5. The zero-order chi connectivity index (χ0) is 14.7. The normalized spacial score (nSPS) is 21.8. The number of nitrogens with zero attached hydrogens (tertiary/aromatic N) is 1. The third kappa shape index (κ3) is 3.52. The van der Waals surface area contributed by atoms with Crippen LogP contribution in [0.15, 0.2) is 34.9 Å². The molecule has 2 heterocycles. The summed E-state index contributed by atoms with van der Waals surface area (Å²) in [7, 11) is 0. The molecule has 21 heavy (non-hydrogen) atoms. The predicted molar refractivity (Wildman–Crippen MR) is 81.1 cm³/mol. The van der Waals surface area contributed by atoms with E-state index in [1.807, 2.05) is 13.0 Å². The number of ether oxygens (including phenoxy) is 1. The molecule has 4 heteroatoms. The van der Waals surface area contributed by atoms with Crippen molar-refractivity contribution >= 4 is 0 Å². The Kier molecular flexibility index (Phi) is 4.36. The lowest BCUT2D eigenvalue weighted by Crippen LogP contribution is -2.36. The number of nitrogens with one attached hydrogen (secondary N) is 1. The molecular formula is C17H22N2O2. The van der Waals surface area contributed by atoms with Gasteiger partial charge in [-0.3, -0.25) is 0 Å². The van der Waals surface area contributed by atoms with Gasteiger partial charge in [-0.2, -0.15) is 0 Å². The number of rotatable bonds is 5. The fourth-order valence-electron chi connectivity index (χ4n) is 2.85. The van der Waals surface area contributed by atoms with Crippen LogP contribution in [0, 0.1) is 19.8 Å². The summed E-state index contributed by atoms with van der Waals surface area (Å²) in [5.41, 5.74) is 3.61. The first-order valence-electron chi connectivity index (χ1n) is 7.50. The van der Waals surface area contributed by atoms with Crippen molar-refractivity contribution in [3.8, 4) is 0 Å². The van der Waals surface area contributed by atoms with Crippen molar-refractivity contribution in [2.24, 2.45) is 5.92 Å². The van der Waals surface area contributed by atoms with Crippen LogP contribution in [0.2, 0.25) is 0 Å². The topological polar surface area (TPSA) is 47.3 Å². The fraction of sp³-hybridized carbons (Fsp3) is 0.471. The van der Waals surface area contributed by atoms with Gasteiger partial charge >= 0.3 is 0 Å². The molecule has 1 N–H and O–H groups in total. The van der Waals surface area contributed by atoms with Crippen molar-refractivity contribution in [2.45, 2.75) is 32.9 Å². The van der Waals surface area contributed by atoms with E-state index in [1.165, 1.54) is 11.1 Å². The summed E-state index contributed by atoms with van der Waals surface area (Å²) in [6.07, 6.45) is 0.881. The highest BCUT2D eigenvalue weighted by Crippen LogP contribution is 2.20. The minimum Gasteiger partial charge on any atom is -0.379 e. The Bertz CT molecular complexity index is 594. The molecule has 1 aliphatic rings. The van der Waals surface area contributed by atoms with E-state index in [9.17, 15) is 0 Å². The minimum absolute atomic E-state index is 0.370. The molecule has 3 rings (SSSR count). The van der Waals surface area contributed by atoms with Crippen LogP contribution < -0.4 is 5.32 Å². The fourth-order valence-corrected chi connectivity index (χ4v) is 2.85. The zero-order valence-electron chi connectivity index (χ0n) is 12.6. The molecule has 0 amide bonds. The molecule has 0 bridgehead atoms. The first-order valence-corrected chi connectivity index (χ1v) is 7.50. The zero-order valence-corrected chi connectivity index (χ0v) is 12.6. The second-order valence-corrected chi connectivity index (χ2v) is 5.85. The minimum atomic E-state index is 0.370. The number of aromatic nitrogens is 1. The molecule has 0 radical (unpaired) electrons. The van der Waals surface area contributed by atoms with Crippen LogP contribution in [-0.4, -0.2) is 24.4 Å². The Morgan fingerprint density at radius 1 is 1.24 bits per heavy atom. The second kappa shape index (κ2) is 6.41. The van der Waals surface area contributed by atoms with Crippen molar-refractivity contribution < 1.29 is 9.26 Å². The Labute approximate surface area is 125 Å². The Balaban J connectivity index is 1.58. The van der Waals surface area contributed by atoms with Crippen LogP contribution >= 0.6 is 0 Å². The van der Waals surface area contributed by atoms with E-state index < -0.39 is 0 Å². The maximum absolute atomic E-state index is 5.64. The van der Waals surface area contributed by atoms with E-state index in [4.69, 9.17) is 9.26 Å². The number of benzene rings is 1. The molecule has 0 unspecified atom stereocenters. The van der Waals surface area contributed by atoms with E-state index in [0.717, 1.165) is 37.6 Å². The highest BCUT2D eigenvalue weighted by molar-refractivity contribution is 5.25. The maximum Gasteiger partial charge on any atom is 0.137 e. The molecule has 112 valence electrons. The summed E-state index contributed by atoms with van der Waals surface area (Å²) in [6, 6.07) is 10.9. The maximum atomic E-state index is 5.64. The van der Waals surface area contributed by atoms with Crippen LogP contribution in [0.3, 0.4) is 0 Å². The van der Waals surface area contributed by atoms with Crippen molar-refractivity contribution in [1.82, 2.24) is 10.5 Å². The van der Waals surface area contributed by atoms with Gasteiger partial charge in [-0.1, -0.05) is 29.4 Å². The van der Waals surface area contributed by atoms with Crippen LogP contribution in [0.25, 0.3) is 0 Å². The van der Waals surface area contributed by atoms with Crippen molar-refractivity contribution in [3.63, 3.8) is 0 Å². The third-order valence-electron chi connectivity index (χ3n) is 4.15. The van der Waals surface area contributed by atoms with Crippen molar-refractivity contribution in [2.75, 3.05) is 13.2 Å². The predicted octanol–water partition coefficient (Wildman–Crippen LogP) is 2.64. The third-order valence-corrected chi connectivity index (χ3v) is 4.15. The van der Waals surface area contributed by atoms with E-state index in [0.29, 0.717) is 12.0 Å². The molecule has 4 nitrogen and oxygen atoms in total. The Morgan fingerprint density at radius 2 is 2.10 bits per heavy atom. The van der Waals surface area contributed by atoms with Crippen LogP contribution in [-0.2, 0) is 17.7 Å². The van der Waals surface area contributed by atoms with Crippen LogP contribution in [0.1, 0.15) is 22.6 Å². The summed E-state index contributed by atoms with van der Waals surface area (Å²) in [6.45, 7) is 6.53. The van der Waals surface area contributed by atoms with E-state index >= 15 is 0 Å². The molecule has 1 aromatic heterocycles. The van der Waals surface area contributed by atoms with Crippen molar-refractivity contribution in [1.29, 1.82) is 0 Å². The van der Waals surface area contributed by atoms with E-state index in [2.05, 4.69) is 41.7 Å². The first kappa shape index (κ1) is 14.3. The lowest BCUT2D eigenvalue weighted by Gasteiger charge is -2.18. The van der Waals surface area contributed by atoms with Gasteiger partial charge in [0.15, 0.2) is 0 Å². The average Bonchev–Trinajstić information content (AvgIpc) is 3.08. The monoisotopic (exact) mass is 286 g/mol. The van der Waals surface area contributed by atoms with Gasteiger partial charge in [0.2, 0.25) is 0 Å². The molecular weight excluding hydrogens is 264 g/mol. The quantitative estimate of drug-likeness (QED) is 0.918. The second-order valence-electron chi connectivity index (χ2n) is 5.85. The summed E-state index contributed by atoms with van der Waals surface area (Å²) in [4.78, 5) is 0. The molecule has 2 atom stereocenters. The average molecular weight is 286 g/mol. The van der Waals surface area contributed by atoms with Gasteiger partial charge in [0.05, 0.1) is 18.9 Å². The van der Waals surface area contributed by atoms with E-state index in [-0.39, 0.29) is 0 Å². The van der Waals surface area contributed by atoms with Crippen LogP contribution in [0.5, 0.6) is 0 Å². The summed E-state index contributed by atoms with van der Waals surface area (Å²) >= 11 is 0. The van der Waals surface area contributed by atoms with Gasteiger partial charge in [-0.05, 0) is 25.0 Å². The van der Waals surface area contributed by atoms with Gasteiger partial charge in [0, 0.05) is 31.0 Å². The van der Waals surface area contributed by atoms with Gasteiger partial charge < -0.3 is 14.6 Å². The summed E-state index contributed by atoms with van der Waals surface area (Å²) in [5.74, 6) is 1.40. The highest BCUT2D eigenvalue weighted by Gasteiger charge is 2.29. The number of hydrogen-bond acceptors (Lipinski definition) is 4. The molecule has 0 aliphatic carbocycles. The smallest absolute Gasteiger partial charge is 0.137 e. The Morgan fingerprint density at radius 3 is 2.86 bits per heavy atom. The first-order chi connectivity index (χ1) is 10.2. The molecule has 0 saturated carbocycles. The number of aryl methyl sites for hydroxylation is 2. The SMILES string of the molecule is Cc1cc(C[C@@H]2COC[C@H]2NCc2ccccc2C)on1. The molecule has 1 aromatic carbocycles. The summed E-state index contributed by atoms with van der Waals surface area (Å²) in [5, 5.41) is 7.58.